The second kappa shape index (κ2) is 62.5. The molecule has 0 aromatic rings. The van der Waals surface area contributed by atoms with Crippen LogP contribution in [0.5, 0.6) is 0 Å². The first-order valence-corrected chi connectivity index (χ1v) is 39.1. The largest absolute Gasteiger partial charge is 0.472 e. The van der Waals surface area contributed by atoms with E-state index in [1.165, 1.54) is 180 Å². The Labute approximate surface area is 537 Å². The van der Waals surface area contributed by atoms with Crippen LogP contribution >= 0.6 is 15.6 Å². The number of phosphoric ester groups is 2. The standard InChI is InChI=1S/C69H134O17P2/c1-6-9-12-15-18-21-28-34-38-43-48-53-67(72)80-59-65(86-69(74)55-50-45-40-35-30-27-25-23-24-26-29-32-36-41-46-51-62(4)5)61-84-88(77,78)82-57-63(70)56-81-87(75,76)83-60-64(58-79-66(71)52-47-42-37-31-20-17-14-11-8-3)85-68(73)54-49-44-39-33-22-19-16-13-10-7-2/h62-65,70H,6-61H2,1-5H3,(H,75,76)(H,77,78)/t63-,64+,65+/m0/s1. The van der Waals surface area contributed by atoms with Gasteiger partial charge in [-0.25, -0.2) is 9.13 Å². The summed E-state index contributed by atoms with van der Waals surface area (Å²) < 4.78 is 68.2. The van der Waals surface area contributed by atoms with Gasteiger partial charge in [-0.2, -0.15) is 0 Å². The molecule has 5 atom stereocenters. The molecule has 19 heteroatoms. The summed E-state index contributed by atoms with van der Waals surface area (Å²) in [6.45, 7) is 7.24. The predicted molar refractivity (Wildman–Crippen MR) is 354 cm³/mol. The van der Waals surface area contributed by atoms with E-state index in [1.807, 2.05) is 0 Å². The summed E-state index contributed by atoms with van der Waals surface area (Å²) in [6, 6.07) is 0. The maximum absolute atomic E-state index is 13.0. The minimum atomic E-state index is -4.95. The van der Waals surface area contributed by atoms with Crippen molar-refractivity contribution >= 4 is 39.5 Å². The summed E-state index contributed by atoms with van der Waals surface area (Å²) in [5.41, 5.74) is 0. The van der Waals surface area contributed by atoms with Crippen LogP contribution in [0.3, 0.4) is 0 Å². The number of hydrogen-bond acceptors (Lipinski definition) is 15. The van der Waals surface area contributed by atoms with Gasteiger partial charge in [0.2, 0.25) is 0 Å². The molecule has 0 heterocycles. The molecule has 0 saturated carbocycles. The van der Waals surface area contributed by atoms with Crippen molar-refractivity contribution in [3.8, 4) is 0 Å². The van der Waals surface area contributed by atoms with Gasteiger partial charge in [0, 0.05) is 25.7 Å². The van der Waals surface area contributed by atoms with E-state index < -0.39 is 97.5 Å². The van der Waals surface area contributed by atoms with Crippen LogP contribution in [0.2, 0.25) is 0 Å². The van der Waals surface area contributed by atoms with Crippen LogP contribution in [0.4, 0.5) is 0 Å². The highest BCUT2D eigenvalue weighted by Crippen LogP contribution is 2.45. The van der Waals surface area contributed by atoms with Gasteiger partial charge in [0.15, 0.2) is 12.2 Å². The normalized spacial score (nSPS) is 14.1. The Morgan fingerprint density at radius 3 is 0.773 bits per heavy atom. The van der Waals surface area contributed by atoms with Crippen LogP contribution in [0.1, 0.15) is 356 Å². The second-order valence-electron chi connectivity index (χ2n) is 25.4. The smallest absolute Gasteiger partial charge is 0.462 e. The topological polar surface area (TPSA) is 237 Å². The van der Waals surface area contributed by atoms with E-state index >= 15 is 0 Å². The molecule has 3 N–H and O–H groups in total. The monoisotopic (exact) mass is 1300 g/mol. The van der Waals surface area contributed by atoms with Gasteiger partial charge in [-0.1, -0.05) is 304 Å². The fourth-order valence-electron chi connectivity index (χ4n) is 10.5. The third kappa shape index (κ3) is 62.8. The quantitative estimate of drug-likeness (QED) is 0.0222. The number of carbonyl (C=O) groups excluding carboxylic acids is 4. The van der Waals surface area contributed by atoms with Crippen LogP contribution in [-0.4, -0.2) is 96.7 Å². The summed E-state index contributed by atoms with van der Waals surface area (Å²) in [7, 11) is -9.89. The van der Waals surface area contributed by atoms with Crippen molar-refractivity contribution in [2.75, 3.05) is 39.6 Å². The lowest BCUT2D eigenvalue weighted by molar-refractivity contribution is -0.161. The van der Waals surface area contributed by atoms with Gasteiger partial charge in [-0.3, -0.25) is 37.3 Å². The zero-order chi connectivity index (χ0) is 64.9. The first kappa shape index (κ1) is 86.1. The van der Waals surface area contributed by atoms with Gasteiger partial charge in [0.1, 0.15) is 19.3 Å². The van der Waals surface area contributed by atoms with E-state index in [0.29, 0.717) is 25.7 Å². The molecule has 0 radical (unpaired) electrons. The van der Waals surface area contributed by atoms with Gasteiger partial charge < -0.3 is 33.8 Å². The molecular weight excluding hydrogens is 1160 g/mol. The van der Waals surface area contributed by atoms with Crippen molar-refractivity contribution in [3.05, 3.63) is 0 Å². The van der Waals surface area contributed by atoms with Gasteiger partial charge >= 0.3 is 39.5 Å². The summed E-state index contributed by atoms with van der Waals surface area (Å²) in [5.74, 6) is -1.32. The van der Waals surface area contributed by atoms with Gasteiger partial charge in [-0.15, -0.1) is 0 Å². The van der Waals surface area contributed by atoms with Crippen molar-refractivity contribution in [1.29, 1.82) is 0 Å². The Hall–Kier alpha value is -1.94. The zero-order valence-electron chi connectivity index (χ0n) is 56.9. The molecule has 0 rings (SSSR count). The van der Waals surface area contributed by atoms with Crippen LogP contribution in [0.15, 0.2) is 0 Å². The SMILES string of the molecule is CCCCCCCCCCCCCC(=O)OC[C@H](COP(=O)(O)OC[C@@H](O)COP(=O)(O)OC[C@@H](COC(=O)CCCCCCCCCCC)OC(=O)CCCCCCCCCCCC)OC(=O)CCCCCCCCCCCCCCCCCC(C)C. The molecule has 0 aromatic heterocycles. The highest BCUT2D eigenvalue weighted by Gasteiger charge is 2.30. The van der Waals surface area contributed by atoms with Crippen LogP contribution in [0.25, 0.3) is 0 Å². The zero-order valence-corrected chi connectivity index (χ0v) is 58.6. The maximum Gasteiger partial charge on any atom is 0.472 e. The van der Waals surface area contributed by atoms with Crippen molar-refractivity contribution in [2.24, 2.45) is 5.92 Å². The van der Waals surface area contributed by atoms with E-state index in [4.69, 9.17) is 37.0 Å². The Morgan fingerprint density at radius 2 is 0.523 bits per heavy atom. The van der Waals surface area contributed by atoms with Gasteiger partial charge in [0.05, 0.1) is 26.4 Å². The highest BCUT2D eigenvalue weighted by atomic mass is 31.2. The molecule has 0 bridgehead atoms. The molecule has 0 amide bonds. The molecule has 0 aliphatic heterocycles. The molecule has 522 valence electrons. The minimum absolute atomic E-state index is 0.107. The number of rotatable bonds is 69. The van der Waals surface area contributed by atoms with E-state index in [2.05, 4.69) is 34.6 Å². The minimum Gasteiger partial charge on any atom is -0.462 e. The first-order chi connectivity index (χ1) is 42.5. The average Bonchev–Trinajstić information content (AvgIpc) is 3.51. The van der Waals surface area contributed by atoms with Crippen molar-refractivity contribution in [1.82, 2.24) is 0 Å². The van der Waals surface area contributed by atoms with Gasteiger partial charge in [-0.05, 0) is 31.6 Å². The number of unbranched alkanes of at least 4 members (excludes halogenated alkanes) is 41. The van der Waals surface area contributed by atoms with E-state index in [-0.39, 0.29) is 25.7 Å². The Morgan fingerprint density at radius 1 is 0.307 bits per heavy atom. The molecular formula is C69H134O17P2. The predicted octanol–water partition coefficient (Wildman–Crippen LogP) is 19.7. The Bertz CT molecular complexity index is 1700. The molecule has 88 heavy (non-hydrogen) atoms. The lowest BCUT2D eigenvalue weighted by atomic mass is 10.0. The second-order valence-corrected chi connectivity index (χ2v) is 28.3. The molecule has 0 fully saturated rings. The third-order valence-electron chi connectivity index (χ3n) is 16.0. The summed E-state index contributed by atoms with van der Waals surface area (Å²) >= 11 is 0. The fourth-order valence-corrected chi connectivity index (χ4v) is 12.0. The molecule has 0 aliphatic rings. The van der Waals surface area contributed by atoms with Crippen molar-refractivity contribution < 1.29 is 80.2 Å². The highest BCUT2D eigenvalue weighted by molar-refractivity contribution is 7.47. The first-order valence-electron chi connectivity index (χ1n) is 36.1. The third-order valence-corrected chi connectivity index (χ3v) is 17.9. The molecule has 17 nitrogen and oxygen atoms in total. The molecule has 0 saturated heterocycles. The molecule has 0 aromatic carbocycles. The van der Waals surface area contributed by atoms with Gasteiger partial charge in [0.25, 0.3) is 0 Å². The molecule has 0 aliphatic carbocycles. The molecule has 2 unspecified atom stereocenters. The van der Waals surface area contributed by atoms with Crippen molar-refractivity contribution in [2.45, 2.75) is 374 Å². The summed E-state index contributed by atoms with van der Waals surface area (Å²) in [4.78, 5) is 72.4. The van der Waals surface area contributed by atoms with Crippen LogP contribution < -0.4 is 0 Å². The fraction of sp³-hybridized carbons (Fsp3) is 0.942. The summed E-state index contributed by atoms with van der Waals surface area (Å²) in [6.07, 6.45) is 48.5. The number of carbonyl (C=O) groups is 4. The number of esters is 4. The molecule has 0 spiro atoms. The number of phosphoric acid groups is 2. The van der Waals surface area contributed by atoms with Crippen molar-refractivity contribution in [3.63, 3.8) is 0 Å². The van der Waals surface area contributed by atoms with E-state index in [9.17, 15) is 43.2 Å². The van der Waals surface area contributed by atoms with Crippen LogP contribution in [0, 0.1) is 5.92 Å². The number of aliphatic hydroxyl groups excluding tert-OH is 1. The van der Waals surface area contributed by atoms with Crippen LogP contribution in [-0.2, 0) is 65.4 Å². The van der Waals surface area contributed by atoms with E-state index in [0.717, 1.165) is 95.8 Å². The lowest BCUT2D eigenvalue weighted by Crippen LogP contribution is -2.30. The van der Waals surface area contributed by atoms with E-state index in [1.54, 1.807) is 0 Å². The Kier molecular flexibility index (Phi) is 61.1. The number of aliphatic hydroxyl groups is 1. The average molecular weight is 1300 g/mol. The number of hydrogen-bond donors (Lipinski definition) is 3. The maximum atomic E-state index is 13.0. The Balaban J connectivity index is 5.19. The summed E-state index contributed by atoms with van der Waals surface area (Å²) in [5, 5.41) is 10.6. The number of ether oxygens (including phenoxy) is 4. The lowest BCUT2D eigenvalue weighted by Gasteiger charge is -2.21.